The smallest absolute Gasteiger partial charge is 0.259 e. The number of hydrogen-bond acceptors (Lipinski definition) is 6. The van der Waals surface area contributed by atoms with E-state index in [2.05, 4.69) is 61.9 Å². The molecule has 4 heterocycles. The molecule has 8 nitrogen and oxygen atoms in total. The molecule has 2 aromatic carbocycles. The molecule has 0 aliphatic heterocycles. The molecule has 6 aromatic rings. The number of fused-ring (bicyclic) bond motifs is 2. The Kier molecular flexibility index (Phi) is 5.86. The Morgan fingerprint density at radius 2 is 1.95 bits per heavy atom. The molecule has 0 spiro atoms. The highest BCUT2D eigenvalue weighted by Crippen LogP contribution is 2.36. The minimum absolute atomic E-state index is 0.140. The Balaban J connectivity index is 1.41. The summed E-state index contributed by atoms with van der Waals surface area (Å²) in [5.41, 5.74) is 11.6. The number of thiophene rings is 1. The fourth-order valence-electron chi connectivity index (χ4n) is 4.49. The number of nitrogens with two attached hydrogens (primary N) is 1. The summed E-state index contributed by atoms with van der Waals surface area (Å²) in [6.45, 7) is 1.97. The number of carbonyl (C=O) groups excluding carboxylic acids is 1. The molecule has 1 atom stereocenters. The number of nitrogen functional groups attached to an aromatic ring is 1. The van der Waals surface area contributed by atoms with Gasteiger partial charge in [-0.25, -0.2) is 9.97 Å². The van der Waals surface area contributed by atoms with Crippen LogP contribution in [0.1, 0.15) is 40.1 Å². The first-order chi connectivity index (χ1) is 18.5. The average molecular weight is 518 g/mol. The number of aromatic nitrogens is 5. The van der Waals surface area contributed by atoms with Gasteiger partial charge in [0.2, 0.25) is 0 Å². The van der Waals surface area contributed by atoms with E-state index in [0.29, 0.717) is 5.65 Å². The highest BCUT2D eigenvalue weighted by atomic mass is 32.1. The summed E-state index contributed by atoms with van der Waals surface area (Å²) >= 11 is 1.63. The molecule has 0 saturated heterocycles. The standard InChI is InChI=1S/C29H23N7OS/c1-18(33-29(37)26-27(30)32-17-36-13-11-31-28(26)36)22-15-25-24(14-23(22)19-6-4-3-5-7-19)20(16-38-25)8-9-21-10-12-35(2)34-21/h3-7,10-18H,30H2,1-2H3,(H,33,37)/t18-/m1/s1. The van der Waals surface area contributed by atoms with E-state index in [9.17, 15) is 4.79 Å². The zero-order valence-corrected chi connectivity index (χ0v) is 21.5. The first-order valence-electron chi connectivity index (χ1n) is 12.0. The highest BCUT2D eigenvalue weighted by Gasteiger charge is 2.22. The molecule has 3 N–H and O–H groups in total. The van der Waals surface area contributed by atoms with Gasteiger partial charge in [0.15, 0.2) is 5.65 Å². The molecule has 0 aliphatic carbocycles. The molecular weight excluding hydrogens is 494 g/mol. The van der Waals surface area contributed by atoms with E-state index in [1.54, 1.807) is 39.1 Å². The van der Waals surface area contributed by atoms with Crippen molar-refractivity contribution in [3.05, 3.63) is 101 Å². The topological polar surface area (TPSA) is 103 Å². The van der Waals surface area contributed by atoms with Crippen LogP contribution in [0.3, 0.4) is 0 Å². The maximum atomic E-state index is 13.4. The number of aryl methyl sites for hydroxylation is 1. The number of benzene rings is 2. The molecule has 6 rings (SSSR count). The summed E-state index contributed by atoms with van der Waals surface area (Å²) < 4.78 is 4.50. The van der Waals surface area contributed by atoms with Crippen molar-refractivity contribution in [2.24, 2.45) is 7.05 Å². The van der Waals surface area contributed by atoms with Crippen LogP contribution in [0.5, 0.6) is 0 Å². The van der Waals surface area contributed by atoms with Gasteiger partial charge in [0.25, 0.3) is 5.91 Å². The van der Waals surface area contributed by atoms with Crippen LogP contribution in [0.15, 0.2) is 78.8 Å². The molecule has 0 aliphatic rings. The Morgan fingerprint density at radius 1 is 1.11 bits per heavy atom. The van der Waals surface area contributed by atoms with E-state index in [4.69, 9.17) is 5.73 Å². The maximum Gasteiger partial charge on any atom is 0.259 e. The zero-order valence-electron chi connectivity index (χ0n) is 20.7. The molecule has 0 unspecified atom stereocenters. The average Bonchev–Trinajstić information content (AvgIpc) is 3.66. The SMILES string of the molecule is C[C@@H](NC(=O)c1c(N)ncn2ccnc12)c1cc2scc(C#Cc3ccn(C)n3)c2cc1-c1ccccc1. The molecule has 0 saturated carbocycles. The van der Waals surface area contributed by atoms with Crippen LogP contribution >= 0.6 is 11.3 Å². The lowest BCUT2D eigenvalue weighted by molar-refractivity contribution is 0.0941. The van der Waals surface area contributed by atoms with Crippen molar-refractivity contribution in [2.75, 3.05) is 5.73 Å². The molecular formula is C29H23N7OS. The van der Waals surface area contributed by atoms with Crippen LogP contribution in [-0.4, -0.2) is 30.1 Å². The fraction of sp³-hybridized carbons (Fsp3) is 0.103. The minimum Gasteiger partial charge on any atom is -0.383 e. The van der Waals surface area contributed by atoms with Crippen LogP contribution in [-0.2, 0) is 7.05 Å². The molecule has 38 heavy (non-hydrogen) atoms. The summed E-state index contributed by atoms with van der Waals surface area (Å²) in [6.07, 6.45) is 6.77. The summed E-state index contributed by atoms with van der Waals surface area (Å²) in [7, 11) is 1.87. The summed E-state index contributed by atoms with van der Waals surface area (Å²) in [5.74, 6) is 6.26. The van der Waals surface area contributed by atoms with Gasteiger partial charge in [-0.2, -0.15) is 5.10 Å². The van der Waals surface area contributed by atoms with E-state index >= 15 is 0 Å². The van der Waals surface area contributed by atoms with Crippen LogP contribution < -0.4 is 11.1 Å². The molecule has 186 valence electrons. The molecule has 0 fully saturated rings. The van der Waals surface area contributed by atoms with E-state index in [1.165, 1.54) is 0 Å². The van der Waals surface area contributed by atoms with Crippen LogP contribution in [0.2, 0.25) is 0 Å². The first-order valence-corrected chi connectivity index (χ1v) is 12.9. The van der Waals surface area contributed by atoms with Gasteiger partial charge < -0.3 is 11.1 Å². The van der Waals surface area contributed by atoms with Crippen molar-refractivity contribution >= 4 is 38.8 Å². The Hall–Kier alpha value is -4.94. The third-order valence-electron chi connectivity index (χ3n) is 6.38. The van der Waals surface area contributed by atoms with Gasteiger partial charge in [-0.1, -0.05) is 36.3 Å². The monoisotopic (exact) mass is 517 g/mol. The number of amides is 1. The normalized spacial score (nSPS) is 11.8. The number of carbonyl (C=O) groups is 1. The van der Waals surface area contributed by atoms with Gasteiger partial charge in [0.05, 0.1) is 6.04 Å². The minimum atomic E-state index is -0.327. The van der Waals surface area contributed by atoms with Crippen molar-refractivity contribution in [1.82, 2.24) is 29.5 Å². The molecule has 9 heteroatoms. The lowest BCUT2D eigenvalue weighted by Crippen LogP contribution is -2.28. The van der Waals surface area contributed by atoms with E-state index < -0.39 is 0 Å². The number of imidazole rings is 1. The largest absolute Gasteiger partial charge is 0.383 e. The van der Waals surface area contributed by atoms with Crippen LogP contribution in [0.4, 0.5) is 5.82 Å². The van der Waals surface area contributed by atoms with Crippen molar-refractivity contribution < 1.29 is 4.79 Å². The van der Waals surface area contributed by atoms with Gasteiger partial charge in [-0.05, 0) is 47.7 Å². The van der Waals surface area contributed by atoms with Gasteiger partial charge in [0, 0.05) is 46.7 Å². The van der Waals surface area contributed by atoms with Gasteiger partial charge in [0.1, 0.15) is 23.4 Å². The summed E-state index contributed by atoms with van der Waals surface area (Å²) in [4.78, 5) is 21.8. The van der Waals surface area contributed by atoms with E-state index in [0.717, 1.165) is 38.0 Å². The van der Waals surface area contributed by atoms with Crippen molar-refractivity contribution in [3.8, 4) is 23.0 Å². The molecule has 0 radical (unpaired) electrons. The van der Waals surface area contributed by atoms with Crippen molar-refractivity contribution in [3.63, 3.8) is 0 Å². The molecule has 0 bridgehead atoms. The predicted molar refractivity (Wildman–Crippen MR) is 150 cm³/mol. The number of nitrogens with one attached hydrogen (secondary N) is 1. The molecule has 1 amide bonds. The van der Waals surface area contributed by atoms with E-state index in [-0.39, 0.29) is 23.3 Å². The van der Waals surface area contributed by atoms with Crippen molar-refractivity contribution in [2.45, 2.75) is 13.0 Å². The quantitative estimate of drug-likeness (QED) is 0.327. The lowest BCUT2D eigenvalue weighted by Gasteiger charge is -2.19. The number of rotatable bonds is 4. The third kappa shape index (κ3) is 4.27. The van der Waals surface area contributed by atoms with Gasteiger partial charge in [-0.15, -0.1) is 11.3 Å². The van der Waals surface area contributed by atoms with Crippen molar-refractivity contribution in [1.29, 1.82) is 0 Å². The number of hydrogen-bond donors (Lipinski definition) is 2. The second kappa shape index (κ2) is 9.50. The van der Waals surface area contributed by atoms with Crippen LogP contribution in [0, 0.1) is 11.8 Å². The van der Waals surface area contributed by atoms with E-state index in [1.807, 2.05) is 44.4 Å². The predicted octanol–water partition coefficient (Wildman–Crippen LogP) is 4.82. The summed E-state index contributed by atoms with van der Waals surface area (Å²) in [5, 5.41) is 10.6. The fourth-order valence-corrected chi connectivity index (χ4v) is 5.41. The second-order valence-electron chi connectivity index (χ2n) is 8.93. The molecule has 4 aromatic heterocycles. The summed E-state index contributed by atoms with van der Waals surface area (Å²) in [6, 6.07) is 16.0. The number of nitrogens with zero attached hydrogens (tertiary/aromatic N) is 5. The maximum absolute atomic E-state index is 13.4. The van der Waals surface area contributed by atoms with Gasteiger partial charge in [-0.3, -0.25) is 13.9 Å². The third-order valence-corrected chi connectivity index (χ3v) is 7.33. The number of anilines is 1. The van der Waals surface area contributed by atoms with Gasteiger partial charge >= 0.3 is 0 Å². The lowest BCUT2D eigenvalue weighted by atomic mass is 9.93. The first kappa shape index (κ1) is 23.5. The zero-order chi connectivity index (χ0) is 26.2. The Morgan fingerprint density at radius 3 is 2.74 bits per heavy atom. The second-order valence-corrected chi connectivity index (χ2v) is 9.84. The Labute approximate surface area is 222 Å². The Bertz CT molecular complexity index is 1870. The highest BCUT2D eigenvalue weighted by molar-refractivity contribution is 7.17. The van der Waals surface area contributed by atoms with Crippen LogP contribution in [0.25, 0.3) is 26.9 Å².